The third kappa shape index (κ3) is 2.80. The predicted octanol–water partition coefficient (Wildman–Crippen LogP) is 2.33. The van der Waals surface area contributed by atoms with Gasteiger partial charge in [-0.2, -0.15) is 0 Å². The summed E-state index contributed by atoms with van der Waals surface area (Å²) >= 11 is 0. The van der Waals surface area contributed by atoms with E-state index < -0.39 is 5.60 Å². The highest BCUT2D eigenvalue weighted by molar-refractivity contribution is 5.84. The third-order valence-corrected chi connectivity index (χ3v) is 5.00. The van der Waals surface area contributed by atoms with Crippen molar-refractivity contribution in [2.24, 2.45) is 10.9 Å². The number of aliphatic hydroxyl groups is 1. The van der Waals surface area contributed by atoms with Crippen LogP contribution in [0.2, 0.25) is 0 Å². The van der Waals surface area contributed by atoms with Crippen LogP contribution in [-0.4, -0.2) is 46.5 Å². The van der Waals surface area contributed by atoms with E-state index >= 15 is 0 Å². The molecule has 0 unspecified atom stereocenters. The first kappa shape index (κ1) is 15.3. The molecule has 1 fully saturated rings. The van der Waals surface area contributed by atoms with Crippen LogP contribution in [0.4, 0.5) is 5.82 Å². The number of aromatic nitrogens is 2. The van der Waals surface area contributed by atoms with Crippen LogP contribution in [0.15, 0.2) is 35.6 Å². The van der Waals surface area contributed by atoms with Gasteiger partial charge in [-0.3, -0.25) is 9.98 Å². The summed E-state index contributed by atoms with van der Waals surface area (Å²) in [5.41, 5.74) is 3.74. The minimum Gasteiger partial charge on any atom is -0.390 e. The lowest BCUT2D eigenvalue weighted by Gasteiger charge is -2.45. The zero-order chi connectivity index (χ0) is 16.7. The Morgan fingerprint density at radius 1 is 1.12 bits per heavy atom. The summed E-state index contributed by atoms with van der Waals surface area (Å²) in [7, 11) is 0. The maximum Gasteiger partial charge on any atom is 0.128 e. The van der Waals surface area contributed by atoms with E-state index in [0.717, 1.165) is 54.3 Å². The molecule has 2 aromatic rings. The van der Waals surface area contributed by atoms with E-state index in [1.54, 1.807) is 0 Å². The van der Waals surface area contributed by atoms with Crippen molar-refractivity contribution in [3.05, 3.63) is 41.9 Å². The fourth-order valence-corrected chi connectivity index (χ4v) is 3.18. The van der Waals surface area contributed by atoms with Crippen LogP contribution in [0, 0.1) is 5.92 Å². The Morgan fingerprint density at radius 2 is 1.92 bits per heavy atom. The summed E-state index contributed by atoms with van der Waals surface area (Å²) in [6, 6.07) is 6.27. The van der Waals surface area contributed by atoms with E-state index in [4.69, 9.17) is 0 Å². The molecule has 4 heterocycles. The van der Waals surface area contributed by atoms with Crippen molar-refractivity contribution in [3.63, 3.8) is 0 Å². The molecular weight excluding hydrogens is 300 g/mol. The summed E-state index contributed by atoms with van der Waals surface area (Å²) in [5, 5.41) is 10.0. The first-order valence-corrected chi connectivity index (χ1v) is 8.43. The van der Waals surface area contributed by atoms with E-state index in [9.17, 15) is 5.11 Å². The minimum atomic E-state index is -0.618. The number of aliphatic imine (C=N–C) groups is 1. The molecule has 0 bridgehead atoms. The number of fused-ring (bicyclic) bond motifs is 1. The quantitative estimate of drug-likeness (QED) is 0.942. The SMILES string of the molecule is CC(C)(O)C1CN(c2ccc(-c3cnc4c(c3)C=NCC4)cn2)C1. The fourth-order valence-electron chi connectivity index (χ4n) is 3.18. The second kappa shape index (κ2) is 5.67. The van der Waals surface area contributed by atoms with Gasteiger partial charge in [0.15, 0.2) is 0 Å². The van der Waals surface area contributed by atoms with Crippen molar-refractivity contribution in [2.45, 2.75) is 25.9 Å². The van der Waals surface area contributed by atoms with E-state index in [1.165, 1.54) is 0 Å². The fraction of sp³-hybridized carbons (Fsp3) is 0.421. The number of hydrogen-bond acceptors (Lipinski definition) is 5. The summed E-state index contributed by atoms with van der Waals surface area (Å²) in [6.07, 6.45) is 6.65. The molecule has 0 atom stereocenters. The normalized spacial score (nSPS) is 17.5. The maximum atomic E-state index is 10.0. The average Bonchev–Trinajstić information content (AvgIpc) is 2.52. The van der Waals surface area contributed by atoms with Gasteiger partial charge >= 0.3 is 0 Å². The first-order chi connectivity index (χ1) is 11.5. The van der Waals surface area contributed by atoms with Gasteiger partial charge in [0.25, 0.3) is 0 Å². The van der Waals surface area contributed by atoms with Crippen molar-refractivity contribution >= 4 is 12.0 Å². The zero-order valence-electron chi connectivity index (χ0n) is 14.1. The second-order valence-electron chi connectivity index (χ2n) is 7.21. The van der Waals surface area contributed by atoms with Gasteiger partial charge in [0, 0.05) is 67.3 Å². The predicted molar refractivity (Wildman–Crippen MR) is 95.6 cm³/mol. The van der Waals surface area contributed by atoms with Gasteiger partial charge < -0.3 is 10.0 Å². The van der Waals surface area contributed by atoms with Gasteiger partial charge in [0.2, 0.25) is 0 Å². The van der Waals surface area contributed by atoms with E-state index in [1.807, 2.05) is 38.5 Å². The number of anilines is 1. The molecule has 2 aliphatic heterocycles. The molecule has 2 aromatic heterocycles. The highest BCUT2D eigenvalue weighted by Gasteiger charge is 2.37. The first-order valence-electron chi connectivity index (χ1n) is 8.43. The highest BCUT2D eigenvalue weighted by atomic mass is 16.3. The molecule has 0 radical (unpaired) electrons. The van der Waals surface area contributed by atoms with Crippen LogP contribution in [0.25, 0.3) is 11.1 Å². The van der Waals surface area contributed by atoms with Crippen LogP contribution < -0.4 is 4.90 Å². The topological polar surface area (TPSA) is 61.6 Å². The standard InChI is InChI=1S/C19H22N4O/c1-19(2,24)16-11-23(12-16)18-4-3-13(9-22-18)14-7-15-8-20-6-5-17(15)21-10-14/h3-4,7-10,16,24H,5-6,11-12H2,1-2H3. The lowest BCUT2D eigenvalue weighted by Crippen LogP contribution is -2.56. The maximum absolute atomic E-state index is 10.0. The lowest BCUT2D eigenvalue weighted by molar-refractivity contribution is 0.00439. The molecule has 4 rings (SSSR count). The van der Waals surface area contributed by atoms with Crippen LogP contribution in [0.1, 0.15) is 25.1 Å². The molecule has 24 heavy (non-hydrogen) atoms. The van der Waals surface area contributed by atoms with Crippen molar-refractivity contribution < 1.29 is 5.11 Å². The van der Waals surface area contributed by atoms with Crippen LogP contribution in [-0.2, 0) is 6.42 Å². The van der Waals surface area contributed by atoms with Gasteiger partial charge in [-0.1, -0.05) is 0 Å². The Kier molecular flexibility index (Phi) is 3.61. The van der Waals surface area contributed by atoms with Crippen LogP contribution in [0.3, 0.4) is 0 Å². The smallest absolute Gasteiger partial charge is 0.128 e. The molecule has 0 aromatic carbocycles. The largest absolute Gasteiger partial charge is 0.390 e. The summed E-state index contributed by atoms with van der Waals surface area (Å²) in [4.78, 5) is 15.7. The monoisotopic (exact) mass is 322 g/mol. The summed E-state index contributed by atoms with van der Waals surface area (Å²) in [5.74, 6) is 1.27. The van der Waals surface area contributed by atoms with Gasteiger partial charge in [-0.05, 0) is 32.0 Å². The minimum absolute atomic E-state index is 0.308. The van der Waals surface area contributed by atoms with Crippen molar-refractivity contribution in [1.82, 2.24) is 9.97 Å². The van der Waals surface area contributed by atoms with Crippen LogP contribution in [0.5, 0.6) is 0 Å². The molecule has 124 valence electrons. The molecule has 5 heteroatoms. The number of nitrogens with zero attached hydrogens (tertiary/aromatic N) is 4. The Morgan fingerprint density at radius 3 is 2.62 bits per heavy atom. The Hall–Kier alpha value is -2.27. The molecule has 1 N–H and O–H groups in total. The molecule has 2 aliphatic rings. The van der Waals surface area contributed by atoms with Crippen molar-refractivity contribution in [3.8, 4) is 11.1 Å². The third-order valence-electron chi connectivity index (χ3n) is 5.00. The van der Waals surface area contributed by atoms with Gasteiger partial charge in [0.1, 0.15) is 5.82 Å². The zero-order valence-corrected chi connectivity index (χ0v) is 14.1. The Bertz CT molecular complexity index is 771. The summed E-state index contributed by atoms with van der Waals surface area (Å²) < 4.78 is 0. The molecule has 0 saturated carbocycles. The van der Waals surface area contributed by atoms with E-state index in [2.05, 4.69) is 32.0 Å². The Labute approximate surface area is 142 Å². The molecule has 0 aliphatic carbocycles. The molecule has 1 saturated heterocycles. The van der Waals surface area contributed by atoms with Gasteiger partial charge in [-0.15, -0.1) is 0 Å². The lowest BCUT2D eigenvalue weighted by atomic mass is 9.84. The highest BCUT2D eigenvalue weighted by Crippen LogP contribution is 2.31. The molecule has 5 nitrogen and oxygen atoms in total. The molecular formula is C19H22N4O. The van der Waals surface area contributed by atoms with Gasteiger partial charge in [0.05, 0.1) is 11.3 Å². The van der Waals surface area contributed by atoms with Crippen molar-refractivity contribution in [1.29, 1.82) is 0 Å². The average molecular weight is 322 g/mol. The Balaban J connectivity index is 1.50. The summed E-state index contributed by atoms with van der Waals surface area (Å²) in [6.45, 7) is 6.28. The molecule has 0 spiro atoms. The number of hydrogen-bond donors (Lipinski definition) is 1. The number of pyridine rings is 2. The van der Waals surface area contributed by atoms with E-state index in [-0.39, 0.29) is 0 Å². The van der Waals surface area contributed by atoms with Crippen LogP contribution >= 0.6 is 0 Å². The second-order valence-corrected chi connectivity index (χ2v) is 7.21. The number of rotatable bonds is 3. The van der Waals surface area contributed by atoms with E-state index in [0.29, 0.717) is 5.92 Å². The molecule has 0 amide bonds. The van der Waals surface area contributed by atoms with Gasteiger partial charge in [-0.25, -0.2) is 4.98 Å². The van der Waals surface area contributed by atoms with Crippen molar-refractivity contribution in [2.75, 3.05) is 24.5 Å².